The molecule has 0 heterocycles. The highest BCUT2D eigenvalue weighted by Crippen LogP contribution is 2.59. The number of aliphatic hydroxyl groups is 1. The maximum Gasteiger partial charge on any atom is 0.0860 e. The Hall–Kier alpha value is -0.550. The number of hydrogen-bond donors (Lipinski definition) is 1. The van der Waals surface area contributed by atoms with Crippen molar-refractivity contribution in [3.63, 3.8) is 0 Å². The molecule has 120 valence electrons. The minimum Gasteiger partial charge on any atom is -0.388 e. The second-order valence-electron chi connectivity index (χ2n) is 9.44. The summed E-state index contributed by atoms with van der Waals surface area (Å²) < 4.78 is 0. The van der Waals surface area contributed by atoms with Crippen LogP contribution < -0.4 is 0 Å². The highest BCUT2D eigenvalue weighted by Gasteiger charge is 2.58. The van der Waals surface area contributed by atoms with Crippen LogP contribution in [0.4, 0.5) is 0 Å². The van der Waals surface area contributed by atoms with Crippen LogP contribution in [0.1, 0.15) is 86.0 Å². The topological polar surface area (TPSA) is 44.0 Å². The molecule has 0 unspecified atom stereocenters. The molecule has 0 atom stereocenters. The van der Waals surface area contributed by atoms with E-state index in [1.165, 1.54) is 6.42 Å². The van der Waals surface area contributed by atoms with Gasteiger partial charge in [0.2, 0.25) is 0 Å². The Morgan fingerprint density at radius 1 is 1.00 bits per heavy atom. The van der Waals surface area contributed by atoms with Gasteiger partial charge in [0.15, 0.2) is 0 Å². The second-order valence-corrected chi connectivity index (χ2v) is 9.44. The zero-order chi connectivity index (χ0) is 15.9. The van der Waals surface area contributed by atoms with Crippen molar-refractivity contribution < 1.29 is 5.11 Å². The molecular formula is C19H33NO. The maximum atomic E-state index is 11.6. The summed E-state index contributed by atoms with van der Waals surface area (Å²) in [7, 11) is 0. The molecule has 0 aromatic carbocycles. The first-order valence-corrected chi connectivity index (χ1v) is 8.71. The summed E-state index contributed by atoms with van der Waals surface area (Å²) in [6.07, 6.45) is 7.84. The Morgan fingerprint density at radius 3 is 1.86 bits per heavy atom. The van der Waals surface area contributed by atoms with Crippen molar-refractivity contribution in [1.29, 1.82) is 5.26 Å². The first kappa shape index (κ1) is 16.8. The van der Waals surface area contributed by atoms with E-state index in [2.05, 4.69) is 40.7 Å². The number of nitrogens with zero attached hydrogens (tertiary/aromatic N) is 1. The molecule has 0 aromatic rings. The second kappa shape index (κ2) is 5.27. The molecule has 0 spiro atoms. The van der Waals surface area contributed by atoms with Crippen LogP contribution in [-0.2, 0) is 0 Å². The summed E-state index contributed by atoms with van der Waals surface area (Å²) in [5, 5.41) is 21.5. The third-order valence-electron chi connectivity index (χ3n) is 6.14. The van der Waals surface area contributed by atoms with Crippen molar-refractivity contribution in [2.45, 2.75) is 91.6 Å². The van der Waals surface area contributed by atoms with Crippen LogP contribution in [-0.4, -0.2) is 10.7 Å². The minimum atomic E-state index is -0.814. The Bertz CT molecular complexity index is 405. The lowest BCUT2D eigenvalue weighted by molar-refractivity contribution is -0.158. The van der Waals surface area contributed by atoms with E-state index < -0.39 is 11.0 Å². The van der Waals surface area contributed by atoms with E-state index in [0.717, 1.165) is 50.9 Å². The fourth-order valence-corrected chi connectivity index (χ4v) is 5.66. The lowest BCUT2D eigenvalue weighted by atomic mass is 9.50. The van der Waals surface area contributed by atoms with E-state index in [1.807, 2.05) is 0 Å². The van der Waals surface area contributed by atoms with Gasteiger partial charge in [0, 0.05) is 0 Å². The van der Waals surface area contributed by atoms with E-state index in [1.54, 1.807) is 0 Å². The number of rotatable bonds is 2. The molecule has 0 amide bonds. The fourth-order valence-electron chi connectivity index (χ4n) is 5.66. The summed E-state index contributed by atoms with van der Waals surface area (Å²) in [6.45, 7) is 11.2. The lowest BCUT2D eigenvalue weighted by Gasteiger charge is -2.56. The first-order valence-electron chi connectivity index (χ1n) is 8.71. The summed E-state index contributed by atoms with van der Waals surface area (Å²) in [4.78, 5) is 0. The van der Waals surface area contributed by atoms with Gasteiger partial charge >= 0.3 is 0 Å². The average molecular weight is 291 g/mol. The summed E-state index contributed by atoms with van der Waals surface area (Å²) >= 11 is 0. The van der Waals surface area contributed by atoms with Crippen LogP contribution in [0.2, 0.25) is 0 Å². The zero-order valence-electron chi connectivity index (χ0n) is 14.6. The Labute approximate surface area is 130 Å². The third-order valence-corrected chi connectivity index (χ3v) is 6.14. The van der Waals surface area contributed by atoms with Gasteiger partial charge in [-0.05, 0) is 61.7 Å². The highest BCUT2D eigenvalue weighted by molar-refractivity contribution is 5.17. The first-order chi connectivity index (χ1) is 9.57. The van der Waals surface area contributed by atoms with Crippen LogP contribution in [0.15, 0.2) is 0 Å². The van der Waals surface area contributed by atoms with Gasteiger partial charge in [-0.3, -0.25) is 0 Å². The van der Waals surface area contributed by atoms with Crippen molar-refractivity contribution in [2.24, 2.45) is 22.2 Å². The fraction of sp³-hybridized carbons (Fsp3) is 0.947. The van der Waals surface area contributed by atoms with Crippen molar-refractivity contribution in [2.75, 3.05) is 0 Å². The van der Waals surface area contributed by atoms with Gasteiger partial charge in [-0.2, -0.15) is 5.26 Å². The van der Waals surface area contributed by atoms with Crippen molar-refractivity contribution in [3.05, 3.63) is 0 Å². The molecule has 1 N–H and O–H groups in total. The van der Waals surface area contributed by atoms with Crippen molar-refractivity contribution in [3.8, 4) is 6.07 Å². The molecule has 0 bridgehead atoms. The maximum absolute atomic E-state index is 11.6. The Morgan fingerprint density at radius 2 is 1.48 bits per heavy atom. The van der Waals surface area contributed by atoms with Crippen LogP contribution >= 0.6 is 0 Å². The lowest BCUT2D eigenvalue weighted by Crippen LogP contribution is -2.57. The minimum absolute atomic E-state index is 0.113. The van der Waals surface area contributed by atoms with E-state index in [0.29, 0.717) is 0 Å². The van der Waals surface area contributed by atoms with Gasteiger partial charge < -0.3 is 5.11 Å². The van der Waals surface area contributed by atoms with E-state index in [4.69, 9.17) is 0 Å². The molecule has 2 rings (SSSR count). The van der Waals surface area contributed by atoms with Crippen molar-refractivity contribution in [1.82, 2.24) is 0 Å². The molecule has 0 radical (unpaired) electrons. The Balaban J connectivity index is 2.30. The van der Waals surface area contributed by atoms with E-state index >= 15 is 0 Å². The molecule has 2 heteroatoms. The molecule has 2 saturated carbocycles. The van der Waals surface area contributed by atoms with Gasteiger partial charge in [-0.25, -0.2) is 0 Å². The highest BCUT2D eigenvalue weighted by atomic mass is 16.3. The average Bonchev–Trinajstić information content (AvgIpc) is 2.34. The zero-order valence-corrected chi connectivity index (χ0v) is 14.6. The quantitative estimate of drug-likeness (QED) is 0.772. The largest absolute Gasteiger partial charge is 0.388 e. The predicted octanol–water partition coefficient (Wildman–Crippen LogP) is 5.06. The third kappa shape index (κ3) is 3.14. The van der Waals surface area contributed by atoms with Crippen LogP contribution in [0.25, 0.3) is 0 Å². The molecule has 0 aromatic heterocycles. The summed E-state index contributed by atoms with van der Waals surface area (Å²) in [5.41, 5.74) is -1.11. The van der Waals surface area contributed by atoms with Crippen LogP contribution in [0.5, 0.6) is 0 Å². The van der Waals surface area contributed by atoms with Crippen LogP contribution in [0.3, 0.4) is 0 Å². The molecular weight excluding hydrogens is 258 g/mol. The summed E-state index contributed by atoms with van der Waals surface area (Å²) in [5.74, 6) is 0.750. The van der Waals surface area contributed by atoms with Gasteiger partial charge in [-0.1, -0.05) is 41.0 Å². The smallest absolute Gasteiger partial charge is 0.0860 e. The Kier molecular flexibility index (Phi) is 4.22. The normalized spacial score (nSPS) is 37.7. The van der Waals surface area contributed by atoms with Crippen LogP contribution in [0, 0.1) is 33.5 Å². The summed E-state index contributed by atoms with van der Waals surface area (Å²) in [6, 6.07) is 2.60. The van der Waals surface area contributed by atoms with E-state index in [9.17, 15) is 10.4 Å². The van der Waals surface area contributed by atoms with Gasteiger partial charge in [0.25, 0.3) is 0 Å². The molecule has 2 aliphatic rings. The number of nitriles is 1. The van der Waals surface area contributed by atoms with Crippen molar-refractivity contribution >= 4 is 0 Å². The van der Waals surface area contributed by atoms with Gasteiger partial charge in [-0.15, -0.1) is 0 Å². The SMILES string of the molecule is CCC1CCC(C#N)(C2(O)CC(C)(C)CC(C)(C)C2)CC1. The molecule has 2 fully saturated rings. The molecule has 2 nitrogen and oxygen atoms in total. The number of hydrogen-bond acceptors (Lipinski definition) is 2. The molecule has 2 aliphatic carbocycles. The molecule has 0 aliphatic heterocycles. The van der Waals surface area contributed by atoms with Gasteiger partial charge in [0.1, 0.15) is 0 Å². The predicted molar refractivity (Wildman–Crippen MR) is 86.7 cm³/mol. The molecule has 0 saturated heterocycles. The van der Waals surface area contributed by atoms with E-state index in [-0.39, 0.29) is 10.8 Å². The van der Waals surface area contributed by atoms with Gasteiger partial charge in [0.05, 0.1) is 17.1 Å². The standard InChI is InChI=1S/C19H33NO/c1-6-15-7-9-18(14-20,10-8-15)19(21)12-16(2,3)11-17(4,5)13-19/h15,21H,6-13H2,1-5H3. The molecule has 21 heavy (non-hydrogen) atoms. The monoisotopic (exact) mass is 291 g/mol.